The minimum absolute atomic E-state index is 0.0327. The Morgan fingerprint density at radius 2 is 0.946 bits per heavy atom. The number of unbranched alkanes of at least 4 members (excludes halogenated alkanes) is 15. The van der Waals surface area contributed by atoms with E-state index in [1.54, 1.807) is 21.1 Å². The van der Waals surface area contributed by atoms with Gasteiger partial charge in [-0.25, -0.2) is 0 Å². The molecule has 0 aromatic carbocycles. The van der Waals surface area contributed by atoms with Crippen molar-refractivity contribution < 1.29 is 38.2 Å². The fourth-order valence-electron chi connectivity index (χ4n) is 6.24. The van der Waals surface area contributed by atoms with Gasteiger partial charge in [0.25, 0.3) is 0 Å². The van der Waals surface area contributed by atoms with Gasteiger partial charge in [-0.2, -0.15) is 0 Å². The highest BCUT2D eigenvalue weighted by Gasteiger charge is 2.25. The van der Waals surface area contributed by atoms with Crippen molar-refractivity contribution in [2.45, 2.75) is 187 Å². The zero-order valence-electron chi connectivity index (χ0n) is 36.5. The molecule has 0 fully saturated rings. The van der Waals surface area contributed by atoms with E-state index < -0.39 is 18.1 Å². The first-order chi connectivity index (χ1) is 27.1. The molecule has 0 N–H and O–H groups in total. The van der Waals surface area contributed by atoms with Gasteiger partial charge >= 0.3 is 11.9 Å². The number of carboxylic acid groups (broad SMARTS) is 1. The van der Waals surface area contributed by atoms with Gasteiger partial charge in [0.15, 0.2) is 6.10 Å². The third-order valence-electron chi connectivity index (χ3n) is 9.65. The predicted octanol–water partition coefficient (Wildman–Crippen LogP) is 10.9. The smallest absolute Gasteiger partial charge is 0.306 e. The van der Waals surface area contributed by atoms with Crippen LogP contribution in [-0.2, 0) is 28.6 Å². The molecule has 0 saturated heterocycles. The van der Waals surface area contributed by atoms with Crippen molar-refractivity contribution in [2.24, 2.45) is 0 Å². The molecule has 0 spiro atoms. The Hall–Kier alpha value is -2.97. The van der Waals surface area contributed by atoms with Crippen molar-refractivity contribution >= 4 is 17.9 Å². The monoisotopic (exact) mass is 786 g/mol. The Balaban J connectivity index is 4.31. The van der Waals surface area contributed by atoms with E-state index in [9.17, 15) is 19.5 Å². The van der Waals surface area contributed by atoms with Crippen molar-refractivity contribution in [3.63, 3.8) is 0 Å². The van der Waals surface area contributed by atoms with Crippen LogP contribution in [0.3, 0.4) is 0 Å². The molecule has 0 aromatic heterocycles. The van der Waals surface area contributed by atoms with Crippen LogP contribution < -0.4 is 5.11 Å². The molecule has 0 bridgehead atoms. The van der Waals surface area contributed by atoms with Crippen LogP contribution in [0.25, 0.3) is 0 Å². The van der Waals surface area contributed by atoms with Gasteiger partial charge in [-0.1, -0.05) is 145 Å². The second-order valence-electron chi connectivity index (χ2n) is 15.9. The maximum atomic E-state index is 12.7. The summed E-state index contributed by atoms with van der Waals surface area (Å²) in [4.78, 5) is 36.8. The molecule has 0 heterocycles. The number of hydrogen-bond donors (Lipinski definition) is 0. The number of likely N-dealkylation sites (N-methyl/N-ethyl adjacent to an activating group) is 1. The second-order valence-corrected chi connectivity index (χ2v) is 15.9. The normalized spacial score (nSPS) is 13.5. The fraction of sp³-hybridized carbons (Fsp3) is 0.729. The van der Waals surface area contributed by atoms with Crippen molar-refractivity contribution in [3.8, 4) is 0 Å². The molecule has 0 rings (SSSR count). The summed E-state index contributed by atoms with van der Waals surface area (Å²) in [6.07, 6.45) is 46.8. The summed E-state index contributed by atoms with van der Waals surface area (Å²) in [5.41, 5.74) is 0. The zero-order chi connectivity index (χ0) is 41.4. The summed E-state index contributed by atoms with van der Waals surface area (Å²) >= 11 is 0. The number of aliphatic carboxylic acids is 1. The molecule has 0 saturated carbocycles. The number of hydrogen-bond acceptors (Lipinski definition) is 7. The fourth-order valence-corrected chi connectivity index (χ4v) is 6.24. The van der Waals surface area contributed by atoms with Gasteiger partial charge in [-0.15, -0.1) is 0 Å². The minimum atomic E-state index is -1.13. The Bertz CT molecular complexity index is 1100. The van der Waals surface area contributed by atoms with Gasteiger partial charge in [0, 0.05) is 19.3 Å². The summed E-state index contributed by atoms with van der Waals surface area (Å²) in [6.45, 7) is 4.42. The molecule has 2 unspecified atom stereocenters. The number of quaternary nitrogens is 1. The average molecular weight is 786 g/mol. The number of carbonyl (C=O) groups excluding carboxylic acids is 3. The molecule has 8 heteroatoms. The number of allylic oxidation sites excluding steroid dienone is 10. The SMILES string of the molecule is CC/C=C/C/C=C/C/C=C/CCCCCCCCCCCCC(=O)OC(COCCC(C(=O)[O-])[N+](C)(C)C)COC(=O)CCCCCCC/C=C/C/C=C/CC. The van der Waals surface area contributed by atoms with E-state index in [1.165, 1.54) is 51.4 Å². The number of carbonyl (C=O) groups is 3. The van der Waals surface area contributed by atoms with Crippen LogP contribution >= 0.6 is 0 Å². The first kappa shape index (κ1) is 53.0. The number of carboxylic acids is 1. The van der Waals surface area contributed by atoms with Gasteiger partial charge in [0.2, 0.25) is 0 Å². The lowest BCUT2D eigenvalue weighted by Gasteiger charge is -2.34. The van der Waals surface area contributed by atoms with Crippen molar-refractivity contribution in [1.82, 2.24) is 0 Å². The van der Waals surface area contributed by atoms with Crippen LogP contribution in [-0.4, -0.2) is 75.5 Å². The highest BCUT2D eigenvalue weighted by molar-refractivity contribution is 5.70. The molecule has 56 heavy (non-hydrogen) atoms. The van der Waals surface area contributed by atoms with Crippen molar-refractivity contribution in [3.05, 3.63) is 60.8 Å². The van der Waals surface area contributed by atoms with Gasteiger partial charge in [0.05, 0.1) is 40.3 Å². The molecule has 2 atom stereocenters. The van der Waals surface area contributed by atoms with E-state index in [0.717, 1.165) is 89.9 Å². The van der Waals surface area contributed by atoms with Crippen LogP contribution in [0.5, 0.6) is 0 Å². The van der Waals surface area contributed by atoms with Gasteiger partial charge < -0.3 is 28.6 Å². The Morgan fingerprint density at radius 3 is 1.39 bits per heavy atom. The standard InChI is InChI=1S/C48H83NO7/c1-6-8-10-12-14-16-18-20-21-22-23-24-25-26-27-29-31-33-35-37-39-47(51)56-44(42-54-41-40-45(48(52)53)49(3,4)5)43-55-46(50)38-36-34-32-30-28-19-17-15-13-11-9-7-2/h8-11,14-17,20-21,44-45H,6-7,12-13,18-19,22-43H2,1-5H3/b10-8+,11-9+,16-14+,17-15+,21-20+. The molecule has 322 valence electrons. The van der Waals surface area contributed by atoms with E-state index >= 15 is 0 Å². The summed E-state index contributed by atoms with van der Waals surface area (Å²) in [5.74, 6) is -1.76. The summed E-state index contributed by atoms with van der Waals surface area (Å²) in [6, 6.07) is -0.730. The largest absolute Gasteiger partial charge is 0.544 e. The number of rotatable bonds is 39. The number of ether oxygens (including phenoxy) is 3. The third kappa shape index (κ3) is 36.7. The molecule has 0 aliphatic carbocycles. The summed E-state index contributed by atoms with van der Waals surface area (Å²) in [5, 5.41) is 11.6. The quantitative estimate of drug-likeness (QED) is 0.0265. The number of esters is 2. The van der Waals surface area contributed by atoms with Crippen LogP contribution in [0.4, 0.5) is 0 Å². The van der Waals surface area contributed by atoms with E-state index in [1.807, 2.05) is 0 Å². The molecule has 0 radical (unpaired) electrons. The van der Waals surface area contributed by atoms with E-state index in [-0.39, 0.29) is 42.7 Å². The lowest BCUT2D eigenvalue weighted by Crippen LogP contribution is -2.55. The highest BCUT2D eigenvalue weighted by atomic mass is 16.6. The van der Waals surface area contributed by atoms with Crippen LogP contribution in [0.15, 0.2) is 60.8 Å². The molecular formula is C48H83NO7. The molecule has 0 aliphatic rings. The maximum absolute atomic E-state index is 12.7. The zero-order valence-corrected chi connectivity index (χ0v) is 36.5. The second kappa shape index (κ2) is 38.9. The summed E-state index contributed by atoms with van der Waals surface area (Å²) < 4.78 is 17.1. The van der Waals surface area contributed by atoms with Gasteiger partial charge in [0.1, 0.15) is 12.6 Å². The van der Waals surface area contributed by atoms with E-state index in [0.29, 0.717) is 12.8 Å². The Kier molecular flexibility index (Phi) is 36.8. The molecule has 0 aliphatic heterocycles. The average Bonchev–Trinajstić information content (AvgIpc) is 3.15. The van der Waals surface area contributed by atoms with Crippen LogP contribution in [0.2, 0.25) is 0 Å². The molecule has 0 amide bonds. The van der Waals surface area contributed by atoms with Crippen molar-refractivity contribution in [2.75, 3.05) is 41.0 Å². The van der Waals surface area contributed by atoms with E-state index in [2.05, 4.69) is 74.6 Å². The maximum Gasteiger partial charge on any atom is 0.306 e. The first-order valence-electron chi connectivity index (χ1n) is 22.3. The lowest BCUT2D eigenvalue weighted by atomic mass is 10.0. The molecule has 0 aromatic rings. The van der Waals surface area contributed by atoms with Crippen LogP contribution in [0, 0.1) is 0 Å². The highest BCUT2D eigenvalue weighted by Crippen LogP contribution is 2.14. The first-order valence-corrected chi connectivity index (χ1v) is 22.3. The topological polar surface area (TPSA) is 102 Å². The number of nitrogens with zero attached hydrogens (tertiary/aromatic N) is 1. The van der Waals surface area contributed by atoms with Crippen LogP contribution in [0.1, 0.15) is 174 Å². The third-order valence-corrected chi connectivity index (χ3v) is 9.65. The predicted molar refractivity (Wildman–Crippen MR) is 231 cm³/mol. The van der Waals surface area contributed by atoms with Gasteiger partial charge in [-0.3, -0.25) is 9.59 Å². The minimum Gasteiger partial charge on any atom is -0.544 e. The Morgan fingerprint density at radius 1 is 0.536 bits per heavy atom. The van der Waals surface area contributed by atoms with Gasteiger partial charge in [-0.05, 0) is 70.6 Å². The lowest BCUT2D eigenvalue weighted by molar-refractivity contribution is -0.889. The Labute approximate surface area is 343 Å². The van der Waals surface area contributed by atoms with E-state index in [4.69, 9.17) is 14.2 Å². The summed E-state index contributed by atoms with van der Waals surface area (Å²) in [7, 11) is 5.40. The van der Waals surface area contributed by atoms with Crippen molar-refractivity contribution in [1.29, 1.82) is 0 Å². The molecule has 8 nitrogen and oxygen atoms in total. The molecular weight excluding hydrogens is 703 g/mol.